The number of nitrogens with zero attached hydrogens (tertiary/aromatic N) is 2. The van der Waals surface area contributed by atoms with Crippen LogP contribution in [0.5, 0.6) is 0 Å². The minimum absolute atomic E-state index is 0.00934. The molecule has 2 heterocycles. The molecule has 0 unspecified atom stereocenters. The van der Waals surface area contributed by atoms with Crippen molar-refractivity contribution >= 4 is 29.6 Å². The van der Waals surface area contributed by atoms with Crippen molar-refractivity contribution in [1.29, 1.82) is 0 Å². The molecule has 0 saturated heterocycles. The largest absolute Gasteiger partial charge is 0.355 e. The second-order valence-electron chi connectivity index (χ2n) is 5.07. The Kier molecular flexibility index (Phi) is 4.72. The summed E-state index contributed by atoms with van der Waals surface area (Å²) in [6.45, 7) is 4.38. The molecule has 0 atom stereocenters. The Labute approximate surface area is 128 Å². The van der Waals surface area contributed by atoms with Gasteiger partial charge >= 0.3 is 0 Å². The van der Waals surface area contributed by atoms with Crippen LogP contribution in [0.2, 0.25) is 0 Å². The van der Waals surface area contributed by atoms with Gasteiger partial charge in [0.05, 0.1) is 5.39 Å². The molecule has 0 aliphatic heterocycles. The number of aromatic amines is 1. The van der Waals surface area contributed by atoms with Gasteiger partial charge in [-0.1, -0.05) is 0 Å². The Hall–Kier alpha value is -1.76. The summed E-state index contributed by atoms with van der Waals surface area (Å²) in [5.74, 6) is 0.612. The van der Waals surface area contributed by atoms with E-state index in [0.29, 0.717) is 36.2 Å². The quantitative estimate of drug-likeness (QED) is 0.717. The highest BCUT2D eigenvalue weighted by atomic mass is 32.1. The molecule has 0 radical (unpaired) electrons. The molecule has 0 spiro atoms. The average molecular weight is 308 g/mol. The first-order valence-corrected chi connectivity index (χ1v) is 7.51. The number of nitrogens with one attached hydrogen (secondary N) is 2. The van der Waals surface area contributed by atoms with E-state index in [1.807, 2.05) is 13.8 Å². The molecule has 7 heteroatoms. The summed E-state index contributed by atoms with van der Waals surface area (Å²) in [6, 6.07) is 0. The van der Waals surface area contributed by atoms with Gasteiger partial charge in [0.25, 0.3) is 5.56 Å². The SMILES string of the molecule is Cc1nc2[nH]n(C)c(=O)c2c(C)c1CCC(=O)NCCS. The number of amides is 1. The first-order chi connectivity index (χ1) is 9.95. The Bertz CT molecular complexity index is 733. The molecule has 0 aromatic carbocycles. The second-order valence-corrected chi connectivity index (χ2v) is 5.52. The van der Waals surface area contributed by atoms with E-state index in [1.165, 1.54) is 4.68 Å². The first kappa shape index (κ1) is 15.6. The zero-order valence-corrected chi connectivity index (χ0v) is 13.4. The van der Waals surface area contributed by atoms with Crippen LogP contribution < -0.4 is 10.9 Å². The zero-order chi connectivity index (χ0) is 15.6. The number of carbonyl (C=O) groups excluding carboxylic acids is 1. The minimum Gasteiger partial charge on any atom is -0.355 e. The molecule has 0 bridgehead atoms. The minimum atomic E-state index is -0.0872. The molecule has 0 aliphatic carbocycles. The second kappa shape index (κ2) is 6.34. The van der Waals surface area contributed by atoms with Crippen LogP contribution in [0.25, 0.3) is 11.0 Å². The molecule has 6 nitrogen and oxygen atoms in total. The predicted molar refractivity (Wildman–Crippen MR) is 86.0 cm³/mol. The maximum atomic E-state index is 12.1. The van der Waals surface area contributed by atoms with E-state index in [0.717, 1.165) is 16.8 Å². The summed E-state index contributed by atoms with van der Waals surface area (Å²) in [5, 5.41) is 6.33. The van der Waals surface area contributed by atoms with Crippen molar-refractivity contribution in [1.82, 2.24) is 20.1 Å². The first-order valence-electron chi connectivity index (χ1n) is 6.88. The standard InChI is InChI=1S/C14H20N4O2S/c1-8-10(4-5-11(19)15-6-7-21)9(2)16-13-12(8)14(20)18(3)17-13/h21H,4-7H2,1-3H3,(H,15,19)(H,16,17). The van der Waals surface area contributed by atoms with Crippen molar-refractivity contribution in [3.63, 3.8) is 0 Å². The highest BCUT2D eigenvalue weighted by Crippen LogP contribution is 2.20. The molecule has 21 heavy (non-hydrogen) atoms. The molecule has 2 aromatic heterocycles. The van der Waals surface area contributed by atoms with Crippen LogP contribution in [0.1, 0.15) is 23.2 Å². The summed E-state index contributed by atoms with van der Waals surface area (Å²) >= 11 is 4.05. The highest BCUT2D eigenvalue weighted by molar-refractivity contribution is 7.80. The third kappa shape index (κ3) is 3.12. The van der Waals surface area contributed by atoms with Gasteiger partial charge in [0.2, 0.25) is 5.91 Å². The summed E-state index contributed by atoms with van der Waals surface area (Å²) in [4.78, 5) is 28.2. The summed E-state index contributed by atoms with van der Waals surface area (Å²) in [5.41, 5.74) is 3.24. The third-order valence-corrected chi connectivity index (χ3v) is 3.83. The van der Waals surface area contributed by atoms with E-state index in [-0.39, 0.29) is 11.5 Å². The molecule has 1 amide bonds. The van der Waals surface area contributed by atoms with E-state index in [2.05, 4.69) is 28.0 Å². The van der Waals surface area contributed by atoms with Gasteiger partial charge in [0.1, 0.15) is 0 Å². The molecule has 0 saturated carbocycles. The van der Waals surface area contributed by atoms with E-state index >= 15 is 0 Å². The number of fused-ring (bicyclic) bond motifs is 1. The number of H-pyrrole nitrogens is 1. The lowest BCUT2D eigenvalue weighted by Crippen LogP contribution is -2.25. The van der Waals surface area contributed by atoms with Gasteiger partial charge in [0.15, 0.2) is 5.65 Å². The fourth-order valence-electron chi connectivity index (χ4n) is 2.50. The number of hydrogen-bond acceptors (Lipinski definition) is 4. The van der Waals surface area contributed by atoms with Gasteiger partial charge in [-0.3, -0.25) is 19.4 Å². The van der Waals surface area contributed by atoms with Gasteiger partial charge in [-0.2, -0.15) is 12.6 Å². The van der Waals surface area contributed by atoms with Crippen LogP contribution in [0.15, 0.2) is 4.79 Å². The average Bonchev–Trinajstić information content (AvgIpc) is 2.71. The van der Waals surface area contributed by atoms with Gasteiger partial charge in [0, 0.05) is 31.5 Å². The lowest BCUT2D eigenvalue weighted by atomic mass is 10.0. The normalized spacial score (nSPS) is 11.0. The zero-order valence-electron chi connectivity index (χ0n) is 12.5. The van der Waals surface area contributed by atoms with Crippen molar-refractivity contribution in [2.45, 2.75) is 26.7 Å². The summed E-state index contributed by atoms with van der Waals surface area (Å²) in [6.07, 6.45) is 0.959. The number of thiol groups is 1. The van der Waals surface area contributed by atoms with Gasteiger partial charge in [-0.05, 0) is 31.4 Å². The number of carbonyl (C=O) groups is 1. The number of aryl methyl sites for hydroxylation is 3. The molecule has 2 rings (SSSR count). The predicted octanol–water partition coefficient (Wildman–Crippen LogP) is 0.857. The van der Waals surface area contributed by atoms with Crippen LogP contribution in [0.3, 0.4) is 0 Å². The van der Waals surface area contributed by atoms with Crippen LogP contribution in [0, 0.1) is 13.8 Å². The third-order valence-electron chi connectivity index (χ3n) is 3.61. The number of aromatic nitrogens is 3. The van der Waals surface area contributed by atoms with Crippen LogP contribution in [-0.4, -0.2) is 33.0 Å². The highest BCUT2D eigenvalue weighted by Gasteiger charge is 2.15. The molecule has 0 fully saturated rings. The monoisotopic (exact) mass is 308 g/mol. The van der Waals surface area contributed by atoms with Crippen molar-refractivity contribution in [3.05, 3.63) is 27.2 Å². The van der Waals surface area contributed by atoms with E-state index in [1.54, 1.807) is 7.05 Å². The lowest BCUT2D eigenvalue weighted by Gasteiger charge is -2.09. The number of hydrogen-bond donors (Lipinski definition) is 3. The van der Waals surface area contributed by atoms with E-state index in [9.17, 15) is 9.59 Å². The Morgan fingerprint density at radius 1 is 1.43 bits per heavy atom. The Balaban J connectivity index is 2.30. The van der Waals surface area contributed by atoms with Gasteiger partial charge in [-0.25, -0.2) is 4.98 Å². The molecule has 2 aromatic rings. The molecule has 0 aliphatic rings. The van der Waals surface area contributed by atoms with Gasteiger partial charge < -0.3 is 5.32 Å². The lowest BCUT2D eigenvalue weighted by molar-refractivity contribution is -0.120. The van der Waals surface area contributed by atoms with Gasteiger partial charge in [-0.15, -0.1) is 0 Å². The van der Waals surface area contributed by atoms with Crippen LogP contribution in [0.4, 0.5) is 0 Å². The molecule has 114 valence electrons. The van der Waals surface area contributed by atoms with Crippen molar-refractivity contribution in [3.8, 4) is 0 Å². The van der Waals surface area contributed by atoms with Crippen molar-refractivity contribution in [2.24, 2.45) is 7.05 Å². The maximum absolute atomic E-state index is 12.1. The van der Waals surface area contributed by atoms with Crippen molar-refractivity contribution < 1.29 is 4.79 Å². The number of pyridine rings is 1. The van der Waals surface area contributed by atoms with Crippen molar-refractivity contribution in [2.75, 3.05) is 12.3 Å². The summed E-state index contributed by atoms with van der Waals surface area (Å²) in [7, 11) is 1.67. The smallest absolute Gasteiger partial charge is 0.276 e. The summed E-state index contributed by atoms with van der Waals surface area (Å²) < 4.78 is 1.42. The van der Waals surface area contributed by atoms with Crippen LogP contribution >= 0.6 is 12.6 Å². The maximum Gasteiger partial charge on any atom is 0.276 e. The number of rotatable bonds is 5. The fraction of sp³-hybridized carbons (Fsp3) is 0.500. The van der Waals surface area contributed by atoms with E-state index in [4.69, 9.17) is 0 Å². The molecule has 2 N–H and O–H groups in total. The molecular weight excluding hydrogens is 288 g/mol. The Morgan fingerprint density at radius 2 is 2.14 bits per heavy atom. The van der Waals surface area contributed by atoms with E-state index < -0.39 is 0 Å². The topological polar surface area (TPSA) is 79.8 Å². The Morgan fingerprint density at radius 3 is 2.81 bits per heavy atom. The fourth-order valence-corrected chi connectivity index (χ4v) is 2.61. The molecular formula is C14H20N4O2S. The van der Waals surface area contributed by atoms with Crippen LogP contribution in [-0.2, 0) is 18.3 Å².